The maximum Gasteiger partial charge on any atom is 0.257 e. The Balaban J connectivity index is 0.00000182. The molecule has 25 heavy (non-hydrogen) atoms. The van der Waals surface area contributed by atoms with Crippen LogP contribution in [0.3, 0.4) is 0 Å². The van der Waals surface area contributed by atoms with E-state index >= 15 is 0 Å². The number of amides is 1. The smallest absolute Gasteiger partial charge is 0.257 e. The minimum absolute atomic E-state index is 0. The van der Waals surface area contributed by atoms with Gasteiger partial charge in [-0.15, -0.1) is 12.4 Å². The van der Waals surface area contributed by atoms with Gasteiger partial charge in [-0.3, -0.25) is 9.78 Å². The second-order valence-electron chi connectivity index (χ2n) is 6.70. The van der Waals surface area contributed by atoms with Crippen molar-refractivity contribution in [1.29, 1.82) is 0 Å². The van der Waals surface area contributed by atoms with E-state index in [0.29, 0.717) is 18.4 Å². The lowest BCUT2D eigenvalue weighted by Gasteiger charge is -2.29. The molecule has 0 bridgehead atoms. The second-order valence-corrected chi connectivity index (χ2v) is 6.70. The highest BCUT2D eigenvalue weighted by molar-refractivity contribution is 5.95. The Labute approximate surface area is 152 Å². The summed E-state index contributed by atoms with van der Waals surface area (Å²) in [6.07, 6.45) is 2.58. The standard InChI is InChI=1S/C19H20FN3O.ClH/c1-12-4-2-3-5-14(12)18-16-9-22-8-13(16)11-23(18)19(24)15-6-7-21-10-17(15)20;/h2-7,10,13,16,18,22H,8-9,11H2,1H3;1H/t13-,16-,18-;/m0./s1. The van der Waals surface area contributed by atoms with Gasteiger partial charge in [0.25, 0.3) is 5.91 Å². The molecule has 0 unspecified atom stereocenters. The summed E-state index contributed by atoms with van der Waals surface area (Å²) < 4.78 is 14.1. The average Bonchev–Trinajstić information content (AvgIpc) is 3.16. The lowest BCUT2D eigenvalue weighted by Crippen LogP contribution is -2.35. The molecule has 0 spiro atoms. The van der Waals surface area contributed by atoms with Crippen LogP contribution in [-0.2, 0) is 0 Å². The van der Waals surface area contributed by atoms with Gasteiger partial charge in [0, 0.05) is 31.7 Å². The van der Waals surface area contributed by atoms with Crippen molar-refractivity contribution in [3.05, 3.63) is 65.2 Å². The number of hydrogen-bond acceptors (Lipinski definition) is 3. The molecule has 1 N–H and O–H groups in total. The predicted molar refractivity (Wildman–Crippen MR) is 96.2 cm³/mol. The summed E-state index contributed by atoms with van der Waals surface area (Å²) in [4.78, 5) is 18.6. The molecule has 132 valence electrons. The summed E-state index contributed by atoms with van der Waals surface area (Å²) in [6.45, 7) is 4.54. The molecule has 2 fully saturated rings. The first-order valence-corrected chi connectivity index (χ1v) is 8.33. The third kappa shape index (κ3) is 3.02. The highest BCUT2D eigenvalue weighted by Gasteiger charge is 2.47. The van der Waals surface area contributed by atoms with E-state index in [1.165, 1.54) is 17.8 Å². The van der Waals surface area contributed by atoms with Crippen molar-refractivity contribution in [2.75, 3.05) is 19.6 Å². The molecule has 2 aliphatic heterocycles. The Hall–Kier alpha value is -1.98. The number of fused-ring (bicyclic) bond motifs is 1. The maximum absolute atomic E-state index is 14.1. The number of rotatable bonds is 2. The zero-order chi connectivity index (χ0) is 16.7. The van der Waals surface area contributed by atoms with E-state index < -0.39 is 5.82 Å². The number of aromatic nitrogens is 1. The molecule has 1 aromatic carbocycles. The molecule has 4 rings (SSSR count). The van der Waals surface area contributed by atoms with E-state index in [2.05, 4.69) is 29.4 Å². The molecule has 1 amide bonds. The van der Waals surface area contributed by atoms with Gasteiger partial charge in [-0.05, 0) is 30.0 Å². The van der Waals surface area contributed by atoms with Crippen LogP contribution < -0.4 is 5.32 Å². The largest absolute Gasteiger partial charge is 0.331 e. The molecule has 6 heteroatoms. The summed E-state index contributed by atoms with van der Waals surface area (Å²) in [5.74, 6) is 0.00201. The van der Waals surface area contributed by atoms with Gasteiger partial charge in [-0.1, -0.05) is 24.3 Å². The van der Waals surface area contributed by atoms with Gasteiger partial charge < -0.3 is 10.2 Å². The van der Waals surface area contributed by atoms with E-state index in [0.717, 1.165) is 24.8 Å². The number of carbonyl (C=O) groups excluding carboxylic acids is 1. The molecule has 0 saturated carbocycles. The van der Waals surface area contributed by atoms with Gasteiger partial charge in [0.2, 0.25) is 0 Å². The number of nitrogens with one attached hydrogen (secondary N) is 1. The van der Waals surface area contributed by atoms with Crippen LogP contribution in [0.25, 0.3) is 0 Å². The van der Waals surface area contributed by atoms with Gasteiger partial charge >= 0.3 is 0 Å². The van der Waals surface area contributed by atoms with Crippen molar-refractivity contribution in [2.45, 2.75) is 13.0 Å². The van der Waals surface area contributed by atoms with Crippen molar-refractivity contribution in [3.63, 3.8) is 0 Å². The Kier molecular flexibility index (Phi) is 5.06. The van der Waals surface area contributed by atoms with Crippen molar-refractivity contribution in [2.24, 2.45) is 11.8 Å². The minimum Gasteiger partial charge on any atom is -0.331 e. The quantitative estimate of drug-likeness (QED) is 0.894. The molecule has 2 aliphatic rings. The zero-order valence-electron chi connectivity index (χ0n) is 14.0. The van der Waals surface area contributed by atoms with Crippen molar-refractivity contribution in [3.8, 4) is 0 Å². The van der Waals surface area contributed by atoms with E-state index in [4.69, 9.17) is 0 Å². The van der Waals surface area contributed by atoms with Gasteiger partial charge in [-0.25, -0.2) is 4.39 Å². The SMILES string of the molecule is Cc1ccccc1[C@H]1[C@H]2CNC[C@H]2CN1C(=O)c1ccncc1F.Cl. The summed E-state index contributed by atoms with van der Waals surface area (Å²) in [5.41, 5.74) is 2.44. The summed E-state index contributed by atoms with van der Waals surface area (Å²) in [5, 5.41) is 3.43. The van der Waals surface area contributed by atoms with Crippen molar-refractivity contribution < 1.29 is 9.18 Å². The van der Waals surface area contributed by atoms with Crippen LogP contribution in [0.2, 0.25) is 0 Å². The number of pyridine rings is 1. The summed E-state index contributed by atoms with van der Waals surface area (Å²) in [6, 6.07) is 9.63. The normalized spacial score (nSPS) is 24.7. The number of nitrogens with zero attached hydrogens (tertiary/aromatic N) is 2. The highest BCUT2D eigenvalue weighted by Crippen LogP contribution is 2.44. The van der Waals surface area contributed by atoms with E-state index in [-0.39, 0.29) is 29.9 Å². The molecule has 2 aromatic rings. The molecule has 4 nitrogen and oxygen atoms in total. The van der Waals surface area contributed by atoms with Crippen LogP contribution in [-0.4, -0.2) is 35.4 Å². The minimum atomic E-state index is -0.554. The fourth-order valence-corrected chi connectivity index (χ4v) is 4.15. The van der Waals surface area contributed by atoms with E-state index in [1.54, 1.807) is 0 Å². The van der Waals surface area contributed by atoms with Crippen LogP contribution in [0.5, 0.6) is 0 Å². The van der Waals surface area contributed by atoms with Gasteiger partial charge in [0.05, 0.1) is 17.8 Å². The first kappa shape index (κ1) is 17.8. The number of benzene rings is 1. The summed E-state index contributed by atoms with van der Waals surface area (Å²) in [7, 11) is 0. The van der Waals surface area contributed by atoms with Gasteiger partial charge in [0.1, 0.15) is 0 Å². The van der Waals surface area contributed by atoms with Crippen LogP contribution in [0.15, 0.2) is 42.7 Å². The number of carbonyl (C=O) groups is 1. The van der Waals surface area contributed by atoms with Crippen LogP contribution in [0, 0.1) is 24.6 Å². The first-order chi connectivity index (χ1) is 11.7. The topological polar surface area (TPSA) is 45.2 Å². The van der Waals surface area contributed by atoms with Crippen LogP contribution >= 0.6 is 12.4 Å². The number of aryl methyl sites for hydroxylation is 1. The maximum atomic E-state index is 14.1. The number of likely N-dealkylation sites (tertiary alicyclic amines) is 1. The molecule has 0 aliphatic carbocycles. The molecule has 3 heterocycles. The third-order valence-corrected chi connectivity index (χ3v) is 5.34. The molecular formula is C19H21ClFN3O. The van der Waals surface area contributed by atoms with Crippen molar-refractivity contribution in [1.82, 2.24) is 15.2 Å². The zero-order valence-corrected chi connectivity index (χ0v) is 14.8. The molecule has 3 atom stereocenters. The van der Waals surface area contributed by atoms with E-state index in [1.807, 2.05) is 17.0 Å². The molecule has 0 radical (unpaired) electrons. The molecule has 2 saturated heterocycles. The predicted octanol–water partition coefficient (Wildman–Crippen LogP) is 2.98. The fraction of sp³-hybridized carbons (Fsp3) is 0.368. The first-order valence-electron chi connectivity index (χ1n) is 8.33. The average molecular weight is 362 g/mol. The molecule has 1 aromatic heterocycles. The Morgan fingerprint density at radius 3 is 2.84 bits per heavy atom. The lowest BCUT2D eigenvalue weighted by molar-refractivity contribution is 0.0708. The van der Waals surface area contributed by atoms with Crippen LogP contribution in [0.4, 0.5) is 4.39 Å². The van der Waals surface area contributed by atoms with E-state index in [9.17, 15) is 9.18 Å². The van der Waals surface area contributed by atoms with Crippen LogP contribution in [0.1, 0.15) is 27.5 Å². The number of hydrogen-bond donors (Lipinski definition) is 1. The summed E-state index contributed by atoms with van der Waals surface area (Å²) >= 11 is 0. The third-order valence-electron chi connectivity index (χ3n) is 5.34. The van der Waals surface area contributed by atoms with Gasteiger partial charge in [-0.2, -0.15) is 0 Å². The fourth-order valence-electron chi connectivity index (χ4n) is 4.15. The Bertz CT molecular complexity index is 785. The highest BCUT2D eigenvalue weighted by atomic mass is 35.5. The molecular weight excluding hydrogens is 341 g/mol. The van der Waals surface area contributed by atoms with Crippen molar-refractivity contribution >= 4 is 18.3 Å². The lowest BCUT2D eigenvalue weighted by atomic mass is 9.87. The monoisotopic (exact) mass is 361 g/mol. The van der Waals surface area contributed by atoms with Gasteiger partial charge in [0.15, 0.2) is 5.82 Å². The Morgan fingerprint density at radius 2 is 2.08 bits per heavy atom. The number of halogens is 2. The second kappa shape index (κ2) is 7.10. The Morgan fingerprint density at radius 1 is 1.28 bits per heavy atom.